The molecule has 2 aromatic rings. The van der Waals surface area contributed by atoms with E-state index in [1.54, 1.807) is 0 Å². The van der Waals surface area contributed by atoms with Crippen molar-refractivity contribution in [3.63, 3.8) is 0 Å². The molecule has 0 aliphatic carbocycles. The van der Waals surface area contributed by atoms with E-state index in [2.05, 4.69) is 4.98 Å². The fourth-order valence-electron chi connectivity index (χ4n) is 1.07. The summed E-state index contributed by atoms with van der Waals surface area (Å²) in [5.74, 6) is 0.811. The van der Waals surface area contributed by atoms with Gasteiger partial charge in [0.2, 0.25) is 7.28 Å². The van der Waals surface area contributed by atoms with Gasteiger partial charge in [0.05, 0.1) is 0 Å². The zero-order chi connectivity index (χ0) is 7.68. The van der Waals surface area contributed by atoms with E-state index in [-0.39, 0.29) is 0 Å². The van der Waals surface area contributed by atoms with Gasteiger partial charge in [-0.05, 0) is 12.1 Å². The maximum absolute atomic E-state index is 5.41. The van der Waals surface area contributed by atoms with E-state index in [1.165, 1.54) is 0 Å². The van der Waals surface area contributed by atoms with Crippen LogP contribution in [0, 0.1) is 0 Å². The molecule has 0 N–H and O–H groups in total. The third kappa shape index (κ3) is 1.02. The summed E-state index contributed by atoms with van der Waals surface area (Å²) in [5, 5.41) is 0. The maximum atomic E-state index is 5.41. The number of para-hydroxylation sites is 2. The molecular formula is C8H8BNO. The highest BCUT2D eigenvalue weighted by atomic mass is 16.3. The van der Waals surface area contributed by atoms with Crippen LogP contribution in [0.3, 0.4) is 0 Å². The first kappa shape index (κ1) is 6.46. The van der Waals surface area contributed by atoms with Crippen LogP contribution >= 0.6 is 0 Å². The van der Waals surface area contributed by atoms with E-state index in [0.29, 0.717) is 0 Å². The Kier molecular flexibility index (Phi) is 1.42. The van der Waals surface area contributed by atoms with Crippen molar-refractivity contribution >= 4 is 24.2 Å². The first-order valence-electron chi connectivity index (χ1n) is 3.74. The lowest BCUT2D eigenvalue weighted by Gasteiger charge is -1.80. The highest BCUT2D eigenvalue weighted by Crippen LogP contribution is 2.08. The van der Waals surface area contributed by atoms with Gasteiger partial charge in [-0.1, -0.05) is 19.0 Å². The van der Waals surface area contributed by atoms with Crippen molar-refractivity contribution in [2.24, 2.45) is 0 Å². The van der Waals surface area contributed by atoms with Crippen LogP contribution in [0.5, 0.6) is 0 Å². The number of rotatable bonds is 1. The van der Waals surface area contributed by atoms with Crippen LogP contribution in [0.15, 0.2) is 28.7 Å². The summed E-state index contributed by atoms with van der Waals surface area (Å²) in [6.45, 7) is 2.03. The molecule has 0 bridgehead atoms. The molecule has 2 nitrogen and oxygen atoms in total. The Morgan fingerprint density at radius 2 is 2.18 bits per heavy atom. The lowest BCUT2D eigenvalue weighted by molar-refractivity contribution is 0.642. The normalized spacial score (nSPS) is 10.3. The van der Waals surface area contributed by atoms with E-state index in [1.807, 2.05) is 31.1 Å². The molecule has 1 aromatic carbocycles. The van der Waals surface area contributed by atoms with Crippen molar-refractivity contribution in [1.29, 1.82) is 0 Å². The second-order valence-electron chi connectivity index (χ2n) is 2.43. The molecule has 0 radical (unpaired) electrons. The molecular weight excluding hydrogens is 137 g/mol. The minimum atomic E-state index is 0.811. The van der Waals surface area contributed by atoms with Gasteiger partial charge in [-0.2, -0.15) is 0 Å². The topological polar surface area (TPSA) is 26.0 Å². The fourth-order valence-corrected chi connectivity index (χ4v) is 1.07. The van der Waals surface area contributed by atoms with E-state index >= 15 is 0 Å². The smallest absolute Gasteiger partial charge is 0.227 e. The lowest BCUT2D eigenvalue weighted by Crippen LogP contribution is -2.09. The molecule has 1 heterocycles. The molecule has 0 spiro atoms. The number of oxazole rings is 1. The minimum absolute atomic E-state index is 0.811. The number of aromatic nitrogens is 1. The molecule has 11 heavy (non-hydrogen) atoms. The molecule has 0 aliphatic rings. The van der Waals surface area contributed by atoms with Gasteiger partial charge < -0.3 is 4.42 Å². The molecule has 2 rings (SSSR count). The molecule has 0 amide bonds. The Balaban J connectivity index is 2.69. The molecule has 0 saturated heterocycles. The van der Waals surface area contributed by atoms with E-state index in [0.717, 1.165) is 24.2 Å². The number of benzene rings is 1. The summed E-state index contributed by atoms with van der Waals surface area (Å²) < 4.78 is 5.41. The second-order valence-corrected chi connectivity index (χ2v) is 2.43. The van der Waals surface area contributed by atoms with Crippen molar-refractivity contribution in [2.45, 2.75) is 6.82 Å². The van der Waals surface area contributed by atoms with Gasteiger partial charge in [-0.15, -0.1) is 0 Å². The zero-order valence-electron chi connectivity index (χ0n) is 6.37. The maximum Gasteiger partial charge on any atom is 0.227 e. The first-order valence-corrected chi connectivity index (χ1v) is 3.74. The molecule has 54 valence electrons. The van der Waals surface area contributed by atoms with Gasteiger partial charge in [0.1, 0.15) is 11.3 Å². The van der Waals surface area contributed by atoms with Crippen LogP contribution in [0.4, 0.5) is 0 Å². The van der Waals surface area contributed by atoms with Crippen LogP contribution in [-0.4, -0.2) is 12.3 Å². The molecule has 0 aliphatic heterocycles. The largest absolute Gasteiger partial charge is 0.451 e. The third-order valence-corrected chi connectivity index (χ3v) is 1.64. The van der Waals surface area contributed by atoms with E-state index < -0.39 is 0 Å². The molecule has 0 unspecified atom stereocenters. The van der Waals surface area contributed by atoms with Crippen LogP contribution in [-0.2, 0) is 0 Å². The van der Waals surface area contributed by atoms with Gasteiger partial charge in [-0.25, -0.2) is 4.98 Å². The third-order valence-electron chi connectivity index (χ3n) is 1.64. The predicted molar refractivity (Wildman–Crippen MR) is 46.7 cm³/mol. The van der Waals surface area contributed by atoms with Crippen molar-refractivity contribution in [1.82, 2.24) is 4.98 Å². The summed E-state index contributed by atoms with van der Waals surface area (Å²) in [6.07, 6.45) is 0. The highest BCUT2D eigenvalue weighted by Gasteiger charge is 2.01. The number of nitrogens with zero attached hydrogens (tertiary/aromatic N) is 1. The molecule has 0 atom stereocenters. The summed E-state index contributed by atoms with van der Waals surface area (Å²) in [4.78, 5) is 4.26. The molecule has 1 aromatic heterocycles. The van der Waals surface area contributed by atoms with E-state index in [4.69, 9.17) is 4.42 Å². The van der Waals surface area contributed by atoms with Gasteiger partial charge in [0.15, 0.2) is 5.58 Å². The fraction of sp³-hybridized carbons (Fsp3) is 0.125. The van der Waals surface area contributed by atoms with Gasteiger partial charge in [-0.3, -0.25) is 0 Å². The Morgan fingerprint density at radius 3 is 2.91 bits per heavy atom. The average Bonchev–Trinajstić information content (AvgIpc) is 2.46. The summed E-state index contributed by atoms with van der Waals surface area (Å²) >= 11 is 0. The first-order chi connectivity index (χ1) is 5.40. The van der Waals surface area contributed by atoms with Crippen molar-refractivity contribution in [2.75, 3.05) is 0 Å². The average molecular weight is 145 g/mol. The van der Waals surface area contributed by atoms with Crippen LogP contribution in [0.1, 0.15) is 0 Å². The Bertz CT molecular complexity index is 336. The molecule has 0 fully saturated rings. The van der Waals surface area contributed by atoms with Crippen molar-refractivity contribution in [3.05, 3.63) is 24.3 Å². The summed E-state index contributed by atoms with van der Waals surface area (Å²) in [5.41, 5.74) is 1.83. The lowest BCUT2D eigenvalue weighted by atomic mass is 9.83. The van der Waals surface area contributed by atoms with Crippen molar-refractivity contribution in [3.8, 4) is 0 Å². The molecule has 0 saturated carbocycles. The van der Waals surface area contributed by atoms with Gasteiger partial charge in [0, 0.05) is 0 Å². The summed E-state index contributed by atoms with van der Waals surface area (Å²) in [7, 11) is 0.856. The number of hydrogen-bond acceptors (Lipinski definition) is 2. The van der Waals surface area contributed by atoms with Crippen LogP contribution in [0.2, 0.25) is 6.82 Å². The number of fused-ring (bicyclic) bond motifs is 1. The molecule has 3 heteroatoms. The van der Waals surface area contributed by atoms with E-state index in [9.17, 15) is 0 Å². The van der Waals surface area contributed by atoms with Gasteiger partial charge >= 0.3 is 0 Å². The quantitative estimate of drug-likeness (QED) is 0.558. The zero-order valence-corrected chi connectivity index (χ0v) is 6.37. The summed E-state index contributed by atoms with van der Waals surface area (Å²) in [6, 6.07) is 7.80. The SMILES string of the molecule is CBc1nc2ccccc2o1. The second kappa shape index (κ2) is 2.42. The Hall–Kier alpha value is -1.25. The minimum Gasteiger partial charge on any atom is -0.451 e. The standard InChI is InChI=1S/C8H8BNO/c1-9-8-10-6-4-2-3-5-7(6)11-8/h2-5,9H,1H3. The highest BCUT2D eigenvalue weighted by molar-refractivity contribution is 6.49. The Morgan fingerprint density at radius 1 is 1.36 bits per heavy atom. The van der Waals surface area contributed by atoms with Crippen LogP contribution in [0.25, 0.3) is 11.1 Å². The monoisotopic (exact) mass is 145 g/mol. The predicted octanol–water partition coefficient (Wildman–Crippen LogP) is 0.938. The Labute approximate surface area is 65.5 Å². The van der Waals surface area contributed by atoms with Crippen molar-refractivity contribution < 1.29 is 4.42 Å². The number of hydrogen-bond donors (Lipinski definition) is 0. The van der Waals surface area contributed by atoms with Gasteiger partial charge in [0.25, 0.3) is 0 Å². The van der Waals surface area contributed by atoms with Crippen LogP contribution < -0.4 is 5.79 Å².